The Labute approximate surface area is 224 Å². The van der Waals surface area contributed by atoms with E-state index in [0.29, 0.717) is 49.6 Å². The average molecular weight is 521 g/mol. The molecule has 3 atom stereocenters. The number of carboxylic acid groups (broad SMARTS) is 1. The number of piperidine rings is 2. The van der Waals surface area contributed by atoms with E-state index in [0.717, 1.165) is 18.4 Å². The maximum atomic E-state index is 14.0. The van der Waals surface area contributed by atoms with Gasteiger partial charge in [-0.05, 0) is 63.5 Å². The van der Waals surface area contributed by atoms with Crippen molar-refractivity contribution in [3.8, 4) is 0 Å². The number of hydrogen-bond acceptors (Lipinski definition) is 5. The molecule has 1 aromatic heterocycles. The molecule has 3 aliphatic heterocycles. The lowest BCUT2D eigenvalue weighted by molar-refractivity contribution is -0.143. The zero-order valence-electron chi connectivity index (χ0n) is 22.3. The fourth-order valence-corrected chi connectivity index (χ4v) is 7.86. The molecule has 1 unspecified atom stereocenters. The number of carboxylic acids is 1. The lowest BCUT2D eigenvalue weighted by Crippen LogP contribution is -2.50. The summed E-state index contributed by atoms with van der Waals surface area (Å²) in [5.41, 5.74) is 1.17. The third kappa shape index (κ3) is 4.76. The van der Waals surface area contributed by atoms with Gasteiger partial charge in [0.15, 0.2) is 5.69 Å². The summed E-state index contributed by atoms with van der Waals surface area (Å²) in [5.74, 6) is -1.62. The van der Waals surface area contributed by atoms with Crippen molar-refractivity contribution >= 4 is 22.9 Å². The van der Waals surface area contributed by atoms with E-state index in [1.165, 1.54) is 57.8 Å². The van der Waals surface area contributed by atoms with E-state index in [4.69, 9.17) is 0 Å². The van der Waals surface area contributed by atoms with Crippen LogP contribution in [0.5, 0.6) is 0 Å². The zero-order chi connectivity index (χ0) is 26.2. The van der Waals surface area contributed by atoms with Gasteiger partial charge in [0.25, 0.3) is 11.5 Å². The second-order valence-electron chi connectivity index (χ2n) is 12.0. The number of amides is 1. The van der Waals surface area contributed by atoms with E-state index in [1.54, 1.807) is 4.90 Å². The van der Waals surface area contributed by atoms with Crippen molar-refractivity contribution in [2.75, 3.05) is 13.1 Å². The average Bonchev–Trinajstić information content (AvgIpc) is 3.16. The van der Waals surface area contributed by atoms with Crippen LogP contribution in [0, 0.1) is 5.92 Å². The molecule has 0 radical (unpaired) electrons. The predicted molar refractivity (Wildman–Crippen MR) is 145 cm³/mol. The smallest absolute Gasteiger partial charge is 0.306 e. The van der Waals surface area contributed by atoms with E-state index in [-0.39, 0.29) is 23.2 Å². The number of benzene rings is 1. The topological polar surface area (TPSA) is 95.7 Å². The summed E-state index contributed by atoms with van der Waals surface area (Å²) in [6.07, 6.45) is 14.4. The summed E-state index contributed by atoms with van der Waals surface area (Å²) in [6, 6.07) is 9.41. The number of likely N-dealkylation sites (tertiary alicyclic amines) is 1. The van der Waals surface area contributed by atoms with Gasteiger partial charge >= 0.3 is 5.97 Å². The fraction of sp³-hybridized carbons (Fsp3) is 0.667. The van der Waals surface area contributed by atoms with Crippen molar-refractivity contribution in [1.29, 1.82) is 0 Å². The van der Waals surface area contributed by atoms with E-state index in [9.17, 15) is 19.5 Å². The van der Waals surface area contributed by atoms with Gasteiger partial charge in [-0.1, -0.05) is 44.2 Å². The Morgan fingerprint density at radius 1 is 0.789 bits per heavy atom. The van der Waals surface area contributed by atoms with Crippen molar-refractivity contribution in [2.24, 2.45) is 5.92 Å². The molecule has 2 bridgehead atoms. The molecule has 8 nitrogen and oxygen atoms in total. The maximum Gasteiger partial charge on any atom is 0.306 e. The van der Waals surface area contributed by atoms with Crippen molar-refractivity contribution in [1.82, 2.24) is 19.4 Å². The van der Waals surface area contributed by atoms with E-state index < -0.39 is 11.9 Å². The molecule has 38 heavy (non-hydrogen) atoms. The Morgan fingerprint density at radius 2 is 1.42 bits per heavy atom. The molecule has 0 spiro atoms. The van der Waals surface area contributed by atoms with Crippen LogP contribution in [0.1, 0.15) is 100 Å². The third-order valence-electron chi connectivity index (χ3n) is 9.76. The largest absolute Gasteiger partial charge is 0.481 e. The Bertz CT molecular complexity index is 1230. The van der Waals surface area contributed by atoms with E-state index in [1.807, 2.05) is 28.8 Å². The van der Waals surface area contributed by atoms with Crippen molar-refractivity contribution in [2.45, 2.75) is 108 Å². The van der Waals surface area contributed by atoms with Gasteiger partial charge < -0.3 is 14.6 Å². The number of hydrogen-bond donors (Lipinski definition) is 1. The van der Waals surface area contributed by atoms with Crippen molar-refractivity contribution < 1.29 is 14.7 Å². The van der Waals surface area contributed by atoms with Gasteiger partial charge in [0, 0.05) is 37.3 Å². The van der Waals surface area contributed by atoms with Crippen molar-refractivity contribution in [3.63, 3.8) is 0 Å². The van der Waals surface area contributed by atoms with Crippen LogP contribution in [0.15, 0.2) is 29.1 Å². The normalized spacial score (nSPS) is 27.8. The number of fused-ring (bicyclic) bond motifs is 3. The number of carbonyl (C=O) groups is 2. The highest BCUT2D eigenvalue weighted by Gasteiger charge is 2.45. The number of para-hydroxylation sites is 2. The monoisotopic (exact) mass is 520 g/mol. The molecule has 1 N–H and O–H groups in total. The minimum Gasteiger partial charge on any atom is -0.481 e. The zero-order valence-corrected chi connectivity index (χ0v) is 22.3. The highest BCUT2D eigenvalue weighted by Crippen LogP contribution is 2.44. The lowest BCUT2D eigenvalue weighted by Gasteiger charge is -2.45. The standard InChI is InChI=1S/C30H40N4O4/c35-28(32-16-14-20(15-17-32)30(37)38)27-29(36)34(26-11-7-6-10-25(26)31-27)24-18-22-12-13-23(19-24)33(22)21-8-4-2-1-3-5-9-21/h6-7,10-11,20-24H,1-5,8-9,12-19H2,(H,37,38)/t22-,23+,24?. The van der Waals surface area contributed by atoms with Gasteiger partial charge in [-0.25, -0.2) is 4.98 Å². The van der Waals surface area contributed by atoms with Crippen LogP contribution in [-0.2, 0) is 4.79 Å². The lowest BCUT2D eigenvalue weighted by atomic mass is 9.89. The van der Waals surface area contributed by atoms with Crippen LogP contribution in [-0.4, -0.2) is 67.5 Å². The maximum absolute atomic E-state index is 14.0. The van der Waals surface area contributed by atoms with Gasteiger partial charge in [-0.15, -0.1) is 0 Å². The SMILES string of the molecule is O=C(O)C1CCN(C(=O)c2nc3ccccc3n(C3C[C@H]4CC[C@@H](C3)N4C3CCCCCCC3)c2=O)CC1. The quantitative estimate of drug-likeness (QED) is 0.632. The summed E-state index contributed by atoms with van der Waals surface area (Å²) in [5, 5.41) is 9.33. The summed E-state index contributed by atoms with van der Waals surface area (Å²) >= 11 is 0. The fourth-order valence-electron chi connectivity index (χ4n) is 7.86. The van der Waals surface area contributed by atoms with Gasteiger partial charge in [0.05, 0.1) is 17.0 Å². The molecule has 4 heterocycles. The molecule has 8 heteroatoms. The first-order chi connectivity index (χ1) is 18.5. The van der Waals surface area contributed by atoms with Crippen LogP contribution in [0.4, 0.5) is 0 Å². The first kappa shape index (κ1) is 25.5. The Balaban J connectivity index is 1.29. The summed E-state index contributed by atoms with van der Waals surface area (Å²) in [6.45, 7) is 0.682. The molecule has 1 saturated carbocycles. The van der Waals surface area contributed by atoms with Crippen LogP contribution in [0.3, 0.4) is 0 Å². The first-order valence-electron chi connectivity index (χ1n) is 14.8. The van der Waals surface area contributed by atoms with E-state index in [2.05, 4.69) is 9.88 Å². The number of carbonyl (C=O) groups excluding carboxylic acids is 1. The number of aromatic nitrogens is 2. The van der Waals surface area contributed by atoms with Gasteiger partial charge in [-0.3, -0.25) is 19.3 Å². The van der Waals surface area contributed by atoms with E-state index >= 15 is 0 Å². The molecule has 6 rings (SSSR count). The minimum absolute atomic E-state index is 0.0210. The summed E-state index contributed by atoms with van der Waals surface area (Å²) < 4.78 is 1.89. The highest BCUT2D eigenvalue weighted by atomic mass is 16.4. The first-order valence-corrected chi connectivity index (χ1v) is 14.8. The number of nitrogens with zero attached hydrogens (tertiary/aromatic N) is 4. The second kappa shape index (κ2) is 10.8. The molecule has 2 aromatic rings. The minimum atomic E-state index is -0.816. The molecular weight excluding hydrogens is 480 g/mol. The Morgan fingerprint density at radius 3 is 2.08 bits per heavy atom. The molecular formula is C30H40N4O4. The summed E-state index contributed by atoms with van der Waals surface area (Å²) in [4.78, 5) is 47.9. The van der Waals surface area contributed by atoms with Gasteiger partial charge in [-0.2, -0.15) is 0 Å². The number of rotatable bonds is 4. The molecule has 4 aliphatic rings. The molecule has 4 fully saturated rings. The second-order valence-corrected chi connectivity index (χ2v) is 12.0. The summed E-state index contributed by atoms with van der Waals surface area (Å²) in [7, 11) is 0. The molecule has 204 valence electrons. The van der Waals surface area contributed by atoms with Crippen LogP contribution >= 0.6 is 0 Å². The predicted octanol–water partition coefficient (Wildman–Crippen LogP) is 4.61. The highest BCUT2D eigenvalue weighted by molar-refractivity contribution is 5.94. The molecule has 1 aromatic carbocycles. The van der Waals surface area contributed by atoms with Crippen LogP contribution in [0.2, 0.25) is 0 Å². The molecule has 3 saturated heterocycles. The van der Waals surface area contributed by atoms with Gasteiger partial charge in [0.2, 0.25) is 0 Å². The van der Waals surface area contributed by atoms with Crippen LogP contribution < -0.4 is 5.56 Å². The Kier molecular flexibility index (Phi) is 7.25. The third-order valence-corrected chi connectivity index (χ3v) is 9.76. The Hall–Kier alpha value is -2.74. The van der Waals surface area contributed by atoms with Crippen LogP contribution in [0.25, 0.3) is 11.0 Å². The van der Waals surface area contributed by atoms with Gasteiger partial charge in [0.1, 0.15) is 0 Å². The van der Waals surface area contributed by atoms with Crippen molar-refractivity contribution in [3.05, 3.63) is 40.3 Å². The number of aliphatic carboxylic acids is 1. The molecule has 1 amide bonds. The molecule has 1 aliphatic carbocycles.